The summed E-state index contributed by atoms with van der Waals surface area (Å²) in [5, 5.41) is 8.36. The van der Waals surface area contributed by atoms with Crippen molar-refractivity contribution in [2.45, 2.75) is 126 Å². The Balaban J connectivity index is 0.000000170. The zero-order chi connectivity index (χ0) is 95.3. The quantitative estimate of drug-likeness (QED) is 0.0314. The number of rotatable bonds is 31. The van der Waals surface area contributed by atoms with Crippen LogP contribution in [0.4, 0.5) is 22.0 Å². The summed E-state index contributed by atoms with van der Waals surface area (Å²) < 4.78 is 141. The summed E-state index contributed by atoms with van der Waals surface area (Å²) in [6.45, 7) is 15.0. The van der Waals surface area contributed by atoms with Crippen LogP contribution in [-0.4, -0.2) is 252 Å². The summed E-state index contributed by atoms with van der Waals surface area (Å²) in [7, 11) is -11.1. The van der Waals surface area contributed by atoms with Gasteiger partial charge in [0.15, 0.2) is 21.5 Å². The number of hydrogen-bond donors (Lipinski definition) is 1. The lowest BCUT2D eigenvalue weighted by Crippen LogP contribution is -2.36. The van der Waals surface area contributed by atoms with E-state index in [0.717, 1.165) is 89.8 Å². The van der Waals surface area contributed by atoms with Crippen molar-refractivity contribution in [3.8, 4) is 0 Å². The minimum Gasteiger partial charge on any atom is -0.335 e. The molecular weight excluding hydrogens is 1840 g/mol. The molecule has 5 amide bonds. The zero-order valence-electron chi connectivity index (χ0n) is 75.0. The van der Waals surface area contributed by atoms with Crippen LogP contribution in [0.15, 0.2) is 176 Å². The molecule has 0 aliphatic carbocycles. The number of nitrogens with one attached hydrogen (secondary N) is 1. The minimum atomic E-state index is -3.16. The lowest BCUT2D eigenvalue weighted by Gasteiger charge is -2.25. The summed E-state index contributed by atoms with van der Waals surface area (Å²) in [6.07, 6.45) is 13.4. The molecular formula is C96H117Cl3F5N11O11S5. The van der Waals surface area contributed by atoms with Gasteiger partial charge in [-0.25, -0.2) is 30.4 Å². The van der Waals surface area contributed by atoms with E-state index in [1.165, 1.54) is 57.2 Å². The van der Waals surface area contributed by atoms with Crippen LogP contribution in [0.2, 0.25) is 15.1 Å². The highest BCUT2D eigenvalue weighted by atomic mass is 35.5. The van der Waals surface area contributed by atoms with Gasteiger partial charge >= 0.3 is 0 Å². The molecule has 1 aromatic heterocycles. The van der Waals surface area contributed by atoms with Crippen LogP contribution >= 0.6 is 34.8 Å². The molecule has 0 saturated carbocycles. The van der Waals surface area contributed by atoms with Crippen LogP contribution < -0.4 is 0 Å². The van der Waals surface area contributed by atoms with Crippen molar-refractivity contribution >= 4 is 159 Å². The van der Waals surface area contributed by atoms with Gasteiger partial charge in [0, 0.05) is 193 Å². The first-order chi connectivity index (χ1) is 61.9. The standard InChI is InChI=1S/C20H24Cl2N2O2S.C20H24F2N2O2S.C20H25FN2O2S.C19H23F2N3O2S.C17H21ClN2O3S/c2*1-14-10-16(11-23-14)20(25)24(8-6-15-7-9-27(2,26)13-15)12-17-18(21)4-3-5-19(17)22;1-15-10-18(12-22-15)20(24)23(13-17-4-3-5-19(21)11-17)8-6-16-7-9-26(2,25)14-16;1-13-10-17(23-22-13)19(25)24(8-6-14-7-9-27(2,26)12-14)11-15-4-3-5-16(20)18(15)21;1-3-24(22,23)9-8-20(12-14-6-4-5-7-16(14)18)17(21)15-10-13(2)19-11-15/h2*3-5,10,15H,2,6-9,11-13H2,1H3;3-5,10-11,16H,2,6-9,12-14H2,1H3;3-5,10,14H,2,6-9,11-12H2,1H3,(H,22,23);4-7,10H,3,8-9,11-12H2,1-2H3. The van der Waals surface area contributed by atoms with Crippen LogP contribution in [0.5, 0.6) is 0 Å². The molecule has 708 valence electrons. The van der Waals surface area contributed by atoms with Crippen molar-refractivity contribution in [3.05, 3.63) is 239 Å². The Hall–Kier alpha value is -9.15. The second kappa shape index (κ2) is 47.2. The van der Waals surface area contributed by atoms with E-state index in [4.69, 9.17) is 34.8 Å². The summed E-state index contributed by atoms with van der Waals surface area (Å²) in [5.74, 6) is 16.8. The largest absolute Gasteiger partial charge is 0.335 e. The number of carbonyl (C=O) groups excluding carboxylic acids is 5. The third-order valence-electron chi connectivity index (χ3n) is 23.9. The number of aliphatic imine (C=N–C) groups is 4. The van der Waals surface area contributed by atoms with Gasteiger partial charge in [-0.2, -0.15) is 5.10 Å². The van der Waals surface area contributed by atoms with Crippen LogP contribution in [-0.2, 0) is 99.8 Å². The molecule has 0 radical (unpaired) electrons. The van der Waals surface area contributed by atoms with Crippen molar-refractivity contribution in [1.82, 2.24) is 34.7 Å². The molecule has 0 bridgehead atoms. The highest BCUT2D eigenvalue weighted by molar-refractivity contribution is 8.01. The molecule has 35 heteroatoms. The van der Waals surface area contributed by atoms with Gasteiger partial charge < -0.3 is 24.5 Å². The van der Waals surface area contributed by atoms with Gasteiger partial charge in [-0.3, -0.25) is 65.9 Å². The highest BCUT2D eigenvalue weighted by Crippen LogP contribution is 2.32. The van der Waals surface area contributed by atoms with E-state index in [0.29, 0.717) is 167 Å². The topological polar surface area (TPSA) is 282 Å². The first-order valence-electron chi connectivity index (χ1n) is 43.5. The van der Waals surface area contributed by atoms with Crippen molar-refractivity contribution in [2.24, 2.45) is 43.6 Å². The lowest BCUT2D eigenvalue weighted by molar-refractivity contribution is -0.128. The molecule has 8 unspecified atom stereocenters. The number of aromatic nitrogens is 2. The molecule has 22 nitrogen and oxygen atoms in total. The minimum absolute atomic E-state index is 0.0417. The second-order valence-electron chi connectivity index (χ2n) is 34.8. The Morgan fingerprint density at radius 3 is 1.15 bits per heavy atom. The number of H-pyrrole nitrogens is 1. The van der Waals surface area contributed by atoms with Crippen molar-refractivity contribution in [1.29, 1.82) is 0 Å². The van der Waals surface area contributed by atoms with E-state index in [-0.39, 0.29) is 108 Å². The summed E-state index contributed by atoms with van der Waals surface area (Å²) >= 11 is 18.8. The third-order valence-corrected chi connectivity index (χ3v) is 34.9. The van der Waals surface area contributed by atoms with Crippen molar-refractivity contribution < 1.29 is 71.2 Å². The summed E-state index contributed by atoms with van der Waals surface area (Å²) in [6, 6.07) is 28.2. The van der Waals surface area contributed by atoms with Gasteiger partial charge in [0.25, 0.3) is 29.5 Å². The molecule has 8 aliphatic heterocycles. The maximum absolute atomic E-state index is 14.1. The molecule has 4 saturated heterocycles. The molecule has 14 rings (SSSR count). The SMILES string of the molecule is C=S1(=O)CCC(CCN(Cc2c(Cl)cccc2Cl)C(=O)C2=CC(C)=NC2)C1.C=S1(=O)CCC(CCN(Cc2c(F)cccc2F)C(=O)C2=CC(C)=NC2)C1.C=S1(=O)CCC(CCN(Cc2cccc(F)c2)C(=O)C2=CC(C)=NC2)C1.C=S1(=O)CCC(CCN(Cc2cccc(F)c2F)C(=O)c2cc(C)[nH]n2)C1.CCS(=O)(=O)CCN(Cc1ccccc1Cl)C(=O)C1=CC(C)=NC1. The average Bonchev–Trinajstić information content (AvgIpc) is 1.74. The maximum Gasteiger partial charge on any atom is 0.274 e. The molecule has 1 N–H and O–H groups in total. The number of amides is 5. The number of aromatic amines is 1. The summed E-state index contributed by atoms with van der Waals surface area (Å²) in [5.41, 5.74) is 9.02. The summed E-state index contributed by atoms with van der Waals surface area (Å²) in [4.78, 5) is 89.5. The van der Waals surface area contributed by atoms with Crippen molar-refractivity contribution in [2.75, 3.05) is 116 Å². The number of benzene rings is 5. The van der Waals surface area contributed by atoms with Crippen LogP contribution in [0.25, 0.3) is 0 Å². The maximum atomic E-state index is 14.1. The predicted octanol–water partition coefficient (Wildman–Crippen LogP) is 14.6. The predicted molar refractivity (Wildman–Crippen MR) is 526 cm³/mol. The molecule has 4 fully saturated rings. The smallest absolute Gasteiger partial charge is 0.274 e. The van der Waals surface area contributed by atoms with Crippen LogP contribution in [0.3, 0.4) is 0 Å². The Morgan fingerprint density at radius 1 is 0.427 bits per heavy atom. The normalized spacial score (nSPS) is 22.3. The fraction of sp³-hybridized carbons (Fsp3) is 0.438. The second-order valence-corrected chi connectivity index (χ2v) is 49.2. The molecule has 131 heavy (non-hydrogen) atoms. The van der Waals surface area contributed by atoms with Gasteiger partial charge in [0.1, 0.15) is 23.1 Å². The van der Waals surface area contributed by atoms with Crippen LogP contribution in [0.1, 0.15) is 130 Å². The van der Waals surface area contributed by atoms with Gasteiger partial charge in [0.2, 0.25) is 0 Å². The first kappa shape index (κ1) is 104. The Kier molecular flexibility index (Phi) is 37.4. The van der Waals surface area contributed by atoms with Gasteiger partial charge in [0.05, 0.1) is 38.5 Å². The number of nitrogens with zero attached hydrogens (tertiary/aromatic N) is 10. The van der Waals surface area contributed by atoms with E-state index >= 15 is 0 Å². The fourth-order valence-corrected chi connectivity index (χ4v) is 26.4. The van der Waals surface area contributed by atoms with Gasteiger partial charge in [-0.15, -0.1) is 0 Å². The van der Waals surface area contributed by atoms with E-state index in [1.54, 1.807) is 72.2 Å². The van der Waals surface area contributed by atoms with Gasteiger partial charge in [-0.1, -0.05) is 96.3 Å². The Morgan fingerprint density at radius 2 is 0.779 bits per heavy atom. The number of sulfone groups is 1. The zero-order valence-corrected chi connectivity index (χ0v) is 81.3. The number of hydrogen-bond acceptors (Lipinski definition) is 16. The van der Waals surface area contributed by atoms with E-state index in [1.807, 2.05) is 64.1 Å². The fourth-order valence-electron chi connectivity index (χ4n) is 16.4. The third kappa shape index (κ3) is 31.8. The Bertz CT molecular complexity index is 5910. The van der Waals surface area contributed by atoms with E-state index in [2.05, 4.69) is 53.6 Å². The van der Waals surface area contributed by atoms with E-state index < -0.39 is 71.2 Å². The number of carbonyl (C=O) groups is 5. The number of halogens is 8. The van der Waals surface area contributed by atoms with E-state index in [9.17, 15) is 71.2 Å². The number of aryl methyl sites for hydroxylation is 1. The van der Waals surface area contributed by atoms with Gasteiger partial charge in [-0.05, 0) is 261 Å². The van der Waals surface area contributed by atoms with Crippen LogP contribution in [0, 0.1) is 59.7 Å². The highest BCUT2D eigenvalue weighted by Gasteiger charge is 2.34. The Labute approximate surface area is 783 Å². The monoisotopic (exact) mass is 1960 g/mol. The molecule has 8 aliphatic rings. The lowest BCUT2D eigenvalue weighted by atomic mass is 10.0. The average molecular weight is 1960 g/mol. The first-order valence-corrected chi connectivity index (χ1v) is 54.7. The van der Waals surface area contributed by atoms with Crippen molar-refractivity contribution in [3.63, 3.8) is 0 Å². The molecule has 9 heterocycles. The number of allylic oxidation sites excluding steroid dienone is 4. The molecule has 6 aromatic rings. The molecule has 5 aromatic carbocycles. The molecule has 8 atom stereocenters. The molecule has 0 spiro atoms.